The number of nitrogens with one attached hydrogen (secondary N) is 1. The Bertz CT molecular complexity index is 890. The Hall–Kier alpha value is -1.76. The van der Waals surface area contributed by atoms with Gasteiger partial charge < -0.3 is 4.74 Å². The summed E-state index contributed by atoms with van der Waals surface area (Å²) >= 11 is 13.1. The first kappa shape index (κ1) is 16.7. The number of nitrogens with zero attached hydrogens (tertiary/aromatic N) is 1. The smallest absolute Gasteiger partial charge is 0.286 e. The quantitative estimate of drug-likeness (QED) is 0.825. The third kappa shape index (κ3) is 3.21. The number of hydrogen-bond acceptors (Lipinski definition) is 5. The topological polar surface area (TPSA) is 68.3 Å². The van der Waals surface area contributed by atoms with Crippen LogP contribution in [-0.2, 0) is 11.2 Å². The monoisotopic (exact) mass is 394 g/mol. The highest BCUT2D eigenvalue weighted by Gasteiger charge is 2.42. The number of carbonyl (C=O) groups excluding carboxylic acids is 2. The van der Waals surface area contributed by atoms with Crippen LogP contribution in [0.2, 0.25) is 10.0 Å². The van der Waals surface area contributed by atoms with E-state index in [9.17, 15) is 9.59 Å². The SMILES string of the molecule is O=C1NC(=O)C([C@H]2CCc3cc(Oc4ccc(Cl)cc4Cl)cnc32)S1. The van der Waals surface area contributed by atoms with Crippen LogP contribution in [0.4, 0.5) is 4.79 Å². The van der Waals surface area contributed by atoms with E-state index >= 15 is 0 Å². The van der Waals surface area contributed by atoms with Crippen LogP contribution in [0.15, 0.2) is 30.5 Å². The second-order valence-electron chi connectivity index (χ2n) is 5.85. The Morgan fingerprint density at radius 1 is 1.24 bits per heavy atom. The fraction of sp³-hybridized carbons (Fsp3) is 0.235. The van der Waals surface area contributed by atoms with E-state index in [0.717, 1.165) is 35.9 Å². The molecule has 2 aliphatic rings. The molecule has 1 fully saturated rings. The first-order chi connectivity index (χ1) is 12.0. The summed E-state index contributed by atoms with van der Waals surface area (Å²) < 4.78 is 5.80. The largest absolute Gasteiger partial charge is 0.454 e. The lowest BCUT2D eigenvalue weighted by molar-refractivity contribution is -0.119. The van der Waals surface area contributed by atoms with Gasteiger partial charge in [0.1, 0.15) is 16.7 Å². The number of imide groups is 1. The molecule has 2 amide bonds. The minimum atomic E-state index is -0.404. The summed E-state index contributed by atoms with van der Waals surface area (Å²) in [6, 6.07) is 6.92. The molecule has 4 rings (SSSR count). The summed E-state index contributed by atoms with van der Waals surface area (Å²) in [6.45, 7) is 0. The molecule has 2 atom stereocenters. The van der Waals surface area contributed by atoms with Crippen molar-refractivity contribution in [3.63, 3.8) is 0 Å². The number of rotatable bonds is 3. The lowest BCUT2D eigenvalue weighted by Crippen LogP contribution is -2.28. The average molecular weight is 395 g/mol. The van der Waals surface area contributed by atoms with Crippen LogP contribution < -0.4 is 10.1 Å². The number of aryl methyl sites for hydroxylation is 1. The molecular formula is C17H12Cl2N2O3S. The second kappa shape index (κ2) is 6.52. The highest BCUT2D eigenvalue weighted by molar-refractivity contribution is 8.15. The van der Waals surface area contributed by atoms with Gasteiger partial charge in [0.2, 0.25) is 5.91 Å². The Kier molecular flexibility index (Phi) is 4.35. The van der Waals surface area contributed by atoms with Crippen LogP contribution in [0, 0.1) is 0 Å². The van der Waals surface area contributed by atoms with Crippen molar-refractivity contribution in [3.8, 4) is 11.5 Å². The normalized spacial score (nSPS) is 22.0. The fourth-order valence-electron chi connectivity index (χ4n) is 3.15. The standard InChI is InChI=1S/C17H12Cl2N2O3S/c18-9-2-4-13(12(19)6-9)24-10-5-8-1-3-11(14(8)20-7-10)15-16(22)21-17(23)25-15/h2,4-7,11,15H,1,3H2,(H,21,22,23)/t11-,15?/m0/s1. The fourth-order valence-corrected chi connectivity index (χ4v) is 4.58. The van der Waals surface area contributed by atoms with E-state index in [2.05, 4.69) is 10.3 Å². The van der Waals surface area contributed by atoms with Crippen molar-refractivity contribution in [1.82, 2.24) is 10.3 Å². The lowest BCUT2D eigenvalue weighted by atomic mass is 10.0. The molecule has 1 aliphatic carbocycles. The molecule has 128 valence electrons. The predicted octanol–water partition coefficient (Wildman–Crippen LogP) is 4.56. The zero-order valence-corrected chi connectivity index (χ0v) is 15.1. The van der Waals surface area contributed by atoms with Gasteiger partial charge in [-0.3, -0.25) is 19.9 Å². The number of amides is 2. The van der Waals surface area contributed by atoms with Gasteiger partial charge in [-0.25, -0.2) is 0 Å². The van der Waals surface area contributed by atoms with Gasteiger partial charge in [0, 0.05) is 16.6 Å². The minimum absolute atomic E-state index is 0.0559. The van der Waals surface area contributed by atoms with Gasteiger partial charge in [0.05, 0.1) is 11.2 Å². The summed E-state index contributed by atoms with van der Waals surface area (Å²) in [5.41, 5.74) is 1.89. The van der Waals surface area contributed by atoms with E-state index in [-0.39, 0.29) is 17.1 Å². The number of carbonyl (C=O) groups is 2. The first-order valence-electron chi connectivity index (χ1n) is 7.64. The zero-order chi connectivity index (χ0) is 17.6. The summed E-state index contributed by atoms with van der Waals surface area (Å²) in [7, 11) is 0. The molecule has 1 unspecified atom stereocenters. The lowest BCUT2D eigenvalue weighted by Gasteiger charge is -2.15. The summed E-state index contributed by atoms with van der Waals surface area (Å²) in [5.74, 6) is 0.782. The Balaban J connectivity index is 1.57. The highest BCUT2D eigenvalue weighted by Crippen LogP contribution is 2.42. The summed E-state index contributed by atoms with van der Waals surface area (Å²) in [5, 5.41) is 2.60. The van der Waals surface area contributed by atoms with Crippen LogP contribution in [0.5, 0.6) is 11.5 Å². The molecule has 2 aromatic rings. The van der Waals surface area contributed by atoms with Gasteiger partial charge in [-0.15, -0.1) is 0 Å². The van der Waals surface area contributed by atoms with Crippen molar-refractivity contribution >= 4 is 46.1 Å². The van der Waals surface area contributed by atoms with Crippen molar-refractivity contribution in [3.05, 3.63) is 51.8 Å². The van der Waals surface area contributed by atoms with Crippen LogP contribution in [0.3, 0.4) is 0 Å². The van der Waals surface area contributed by atoms with Gasteiger partial charge in [0.25, 0.3) is 5.24 Å². The zero-order valence-electron chi connectivity index (χ0n) is 12.8. The Labute approximate surface area is 158 Å². The molecule has 8 heteroatoms. The van der Waals surface area contributed by atoms with Crippen molar-refractivity contribution in [2.75, 3.05) is 0 Å². The maximum absolute atomic E-state index is 11.9. The molecule has 0 bridgehead atoms. The van der Waals surface area contributed by atoms with Crippen molar-refractivity contribution < 1.29 is 14.3 Å². The molecule has 0 radical (unpaired) electrons. The summed E-state index contributed by atoms with van der Waals surface area (Å²) in [4.78, 5) is 27.8. The highest BCUT2D eigenvalue weighted by atomic mass is 35.5. The van der Waals surface area contributed by atoms with E-state index in [0.29, 0.717) is 21.5 Å². The van der Waals surface area contributed by atoms with Gasteiger partial charge in [-0.2, -0.15) is 0 Å². The number of hydrogen-bond donors (Lipinski definition) is 1. The van der Waals surface area contributed by atoms with E-state index in [1.807, 2.05) is 6.07 Å². The number of pyridine rings is 1. The molecule has 1 aromatic carbocycles. The third-order valence-corrected chi connectivity index (χ3v) is 5.90. The number of thioether (sulfide) groups is 1. The molecule has 1 aromatic heterocycles. The van der Waals surface area contributed by atoms with Gasteiger partial charge >= 0.3 is 0 Å². The van der Waals surface area contributed by atoms with E-state index in [4.69, 9.17) is 27.9 Å². The number of ether oxygens (including phenoxy) is 1. The van der Waals surface area contributed by atoms with Crippen molar-refractivity contribution in [2.24, 2.45) is 0 Å². The Morgan fingerprint density at radius 3 is 2.80 bits per heavy atom. The maximum Gasteiger partial charge on any atom is 0.286 e. The summed E-state index contributed by atoms with van der Waals surface area (Å²) in [6.07, 6.45) is 3.18. The molecule has 25 heavy (non-hydrogen) atoms. The van der Waals surface area contributed by atoms with Gasteiger partial charge in [0.15, 0.2) is 0 Å². The third-order valence-electron chi connectivity index (χ3n) is 4.26. The van der Waals surface area contributed by atoms with Crippen molar-refractivity contribution in [2.45, 2.75) is 24.0 Å². The number of fused-ring (bicyclic) bond motifs is 1. The van der Waals surface area contributed by atoms with Gasteiger partial charge in [-0.1, -0.05) is 35.0 Å². The van der Waals surface area contributed by atoms with E-state index < -0.39 is 5.25 Å². The second-order valence-corrected chi connectivity index (χ2v) is 7.81. The minimum Gasteiger partial charge on any atom is -0.454 e. The average Bonchev–Trinajstić information content (AvgIpc) is 3.12. The Morgan fingerprint density at radius 2 is 2.08 bits per heavy atom. The number of aromatic nitrogens is 1. The molecular weight excluding hydrogens is 383 g/mol. The molecule has 0 spiro atoms. The molecule has 5 nitrogen and oxygen atoms in total. The molecule has 1 N–H and O–H groups in total. The molecule has 2 heterocycles. The van der Waals surface area contributed by atoms with E-state index in [1.165, 1.54) is 0 Å². The number of benzene rings is 1. The molecule has 1 aliphatic heterocycles. The molecule has 1 saturated heterocycles. The predicted molar refractivity (Wildman–Crippen MR) is 96.8 cm³/mol. The van der Waals surface area contributed by atoms with Crippen LogP contribution in [0.1, 0.15) is 23.6 Å². The number of halogens is 2. The van der Waals surface area contributed by atoms with Crippen LogP contribution in [-0.4, -0.2) is 21.4 Å². The first-order valence-corrected chi connectivity index (χ1v) is 9.28. The maximum atomic E-state index is 11.9. The van der Waals surface area contributed by atoms with E-state index in [1.54, 1.807) is 24.4 Å². The molecule has 0 saturated carbocycles. The van der Waals surface area contributed by atoms with Gasteiger partial charge in [-0.05, 0) is 42.7 Å². The van der Waals surface area contributed by atoms with Crippen molar-refractivity contribution in [1.29, 1.82) is 0 Å². The van der Waals surface area contributed by atoms with Crippen LogP contribution in [0.25, 0.3) is 0 Å². The van der Waals surface area contributed by atoms with Crippen LogP contribution >= 0.6 is 35.0 Å².